The zero-order chi connectivity index (χ0) is 9.64. The fraction of sp³-hybridized carbons (Fsp3) is 0.556. The molecular weight excluding hydrogens is 199 g/mol. The number of hydrogen-bond donors (Lipinski definition) is 2. The number of carboxylic acids is 2. The van der Waals surface area contributed by atoms with Crippen molar-refractivity contribution in [1.29, 1.82) is 0 Å². The summed E-state index contributed by atoms with van der Waals surface area (Å²) in [6, 6.07) is 0. The molecule has 2 aliphatic carbocycles. The molecule has 76 valence electrons. The standard InChI is InChI=1S/C9H10O4.Al.3H/c10-7(11)6-3-5-1-2-9(6,4-5)8(12)13;;;;/h3,5H,1-2,4H2,(H,10,11)(H,12,13);;;;. The van der Waals surface area contributed by atoms with Crippen LogP contribution in [0.15, 0.2) is 11.6 Å². The summed E-state index contributed by atoms with van der Waals surface area (Å²) < 4.78 is 0. The van der Waals surface area contributed by atoms with Crippen molar-refractivity contribution in [2.24, 2.45) is 11.3 Å². The predicted molar refractivity (Wildman–Crippen MR) is 53.1 cm³/mol. The van der Waals surface area contributed by atoms with Gasteiger partial charge in [-0.3, -0.25) is 4.79 Å². The molecule has 0 spiro atoms. The van der Waals surface area contributed by atoms with Gasteiger partial charge in [0.2, 0.25) is 0 Å². The molecule has 2 atom stereocenters. The number of rotatable bonds is 2. The SMILES string of the molecule is O=C(O)C1=CC2CCC1(C(=O)O)C2.[AlH3]. The molecule has 1 fully saturated rings. The first-order valence-corrected chi connectivity index (χ1v) is 4.25. The highest BCUT2D eigenvalue weighted by molar-refractivity contribution is 5.98. The van der Waals surface area contributed by atoms with Gasteiger partial charge >= 0.3 is 11.9 Å². The van der Waals surface area contributed by atoms with Gasteiger partial charge in [0, 0.05) is 0 Å². The molecule has 1 saturated carbocycles. The molecule has 0 aliphatic heterocycles. The van der Waals surface area contributed by atoms with Gasteiger partial charge in [0.1, 0.15) is 5.41 Å². The van der Waals surface area contributed by atoms with E-state index in [4.69, 9.17) is 10.2 Å². The Hall–Kier alpha value is -0.788. The molecule has 5 heteroatoms. The van der Waals surface area contributed by atoms with Crippen molar-refractivity contribution in [3.8, 4) is 0 Å². The van der Waals surface area contributed by atoms with Crippen LogP contribution in [0.1, 0.15) is 19.3 Å². The van der Waals surface area contributed by atoms with E-state index in [1.165, 1.54) is 0 Å². The molecule has 0 heterocycles. The maximum Gasteiger partial charge on any atom is 0.332 e. The van der Waals surface area contributed by atoms with E-state index in [9.17, 15) is 9.59 Å². The smallest absolute Gasteiger partial charge is 0.332 e. The van der Waals surface area contributed by atoms with Crippen molar-refractivity contribution in [3.05, 3.63) is 11.6 Å². The maximum absolute atomic E-state index is 11.0. The minimum atomic E-state index is -1.08. The van der Waals surface area contributed by atoms with E-state index in [1.54, 1.807) is 6.08 Å². The summed E-state index contributed by atoms with van der Waals surface area (Å²) in [6.07, 6.45) is 3.37. The highest BCUT2D eigenvalue weighted by atomic mass is 27.0. The van der Waals surface area contributed by atoms with Crippen LogP contribution in [0.5, 0.6) is 0 Å². The molecule has 0 radical (unpaired) electrons. The fourth-order valence-electron chi connectivity index (χ4n) is 2.45. The van der Waals surface area contributed by atoms with Gasteiger partial charge in [-0.2, -0.15) is 0 Å². The first-order chi connectivity index (χ1) is 6.06. The number of carbonyl (C=O) groups is 2. The fourth-order valence-corrected chi connectivity index (χ4v) is 2.45. The van der Waals surface area contributed by atoms with Crippen LogP contribution in [-0.4, -0.2) is 39.5 Å². The average Bonchev–Trinajstić information content (AvgIpc) is 2.60. The van der Waals surface area contributed by atoms with Gasteiger partial charge in [0.05, 0.1) is 5.57 Å². The Morgan fingerprint density at radius 3 is 2.43 bits per heavy atom. The van der Waals surface area contributed by atoms with E-state index >= 15 is 0 Å². The molecule has 14 heavy (non-hydrogen) atoms. The normalized spacial score (nSPS) is 33.4. The Morgan fingerprint density at radius 1 is 1.43 bits per heavy atom. The van der Waals surface area contributed by atoms with Crippen molar-refractivity contribution in [1.82, 2.24) is 0 Å². The lowest BCUT2D eigenvalue weighted by atomic mass is 9.80. The minimum absolute atomic E-state index is 0. The van der Waals surface area contributed by atoms with Gasteiger partial charge in [-0.15, -0.1) is 0 Å². The Balaban J connectivity index is 0.000000980. The van der Waals surface area contributed by atoms with E-state index in [-0.39, 0.29) is 28.9 Å². The number of allylic oxidation sites excluding steroid dienone is 1. The van der Waals surface area contributed by atoms with Crippen LogP contribution < -0.4 is 0 Å². The summed E-state index contributed by atoms with van der Waals surface area (Å²) in [5, 5.41) is 17.8. The second-order valence-electron chi connectivity index (χ2n) is 3.78. The largest absolute Gasteiger partial charge is 0.481 e. The lowest BCUT2D eigenvalue weighted by Crippen LogP contribution is -2.32. The monoisotopic (exact) mass is 212 g/mol. The van der Waals surface area contributed by atoms with Crippen molar-refractivity contribution >= 4 is 29.3 Å². The van der Waals surface area contributed by atoms with E-state index in [0.29, 0.717) is 12.8 Å². The molecule has 4 nitrogen and oxygen atoms in total. The highest BCUT2D eigenvalue weighted by Gasteiger charge is 2.54. The van der Waals surface area contributed by atoms with Crippen LogP contribution in [-0.2, 0) is 9.59 Å². The Morgan fingerprint density at radius 2 is 2.07 bits per heavy atom. The van der Waals surface area contributed by atoms with Crippen molar-refractivity contribution < 1.29 is 19.8 Å². The zero-order valence-electron chi connectivity index (χ0n) is 6.99. The summed E-state index contributed by atoms with van der Waals surface area (Å²) in [5.41, 5.74) is -0.979. The minimum Gasteiger partial charge on any atom is -0.481 e. The number of aliphatic carboxylic acids is 2. The molecule has 2 aliphatic rings. The quantitative estimate of drug-likeness (QED) is 0.616. The number of hydrogen-bond acceptors (Lipinski definition) is 2. The summed E-state index contributed by atoms with van der Waals surface area (Å²) in [4.78, 5) is 21.8. The van der Waals surface area contributed by atoms with Gasteiger partial charge < -0.3 is 10.2 Å². The first kappa shape index (κ1) is 11.3. The van der Waals surface area contributed by atoms with Crippen molar-refractivity contribution in [3.63, 3.8) is 0 Å². The third-order valence-electron chi connectivity index (χ3n) is 3.11. The van der Waals surface area contributed by atoms with Gasteiger partial charge in [0.15, 0.2) is 17.4 Å². The highest BCUT2D eigenvalue weighted by Crippen LogP contribution is 2.53. The molecule has 2 bridgehead atoms. The second kappa shape index (κ2) is 3.41. The number of fused-ring (bicyclic) bond motifs is 2. The third-order valence-corrected chi connectivity index (χ3v) is 3.11. The molecular formula is C9H13AlO4. The van der Waals surface area contributed by atoms with Crippen LogP contribution in [0, 0.1) is 11.3 Å². The van der Waals surface area contributed by atoms with Crippen LogP contribution in [0.25, 0.3) is 0 Å². The topological polar surface area (TPSA) is 74.6 Å². The van der Waals surface area contributed by atoms with E-state index < -0.39 is 17.4 Å². The van der Waals surface area contributed by atoms with E-state index in [1.807, 2.05) is 0 Å². The second-order valence-corrected chi connectivity index (χ2v) is 3.78. The van der Waals surface area contributed by atoms with E-state index in [0.717, 1.165) is 6.42 Å². The van der Waals surface area contributed by atoms with Crippen molar-refractivity contribution in [2.75, 3.05) is 0 Å². The lowest BCUT2D eigenvalue weighted by Gasteiger charge is -2.21. The van der Waals surface area contributed by atoms with Gasteiger partial charge in [-0.25, -0.2) is 4.79 Å². The van der Waals surface area contributed by atoms with Gasteiger partial charge in [-0.05, 0) is 25.2 Å². The lowest BCUT2D eigenvalue weighted by molar-refractivity contribution is -0.149. The van der Waals surface area contributed by atoms with Gasteiger partial charge in [0.25, 0.3) is 0 Å². The van der Waals surface area contributed by atoms with Crippen LogP contribution in [0.4, 0.5) is 0 Å². The third kappa shape index (κ3) is 1.28. The predicted octanol–water partition coefficient (Wildman–Crippen LogP) is -0.302. The Bertz CT molecular complexity index is 323. The van der Waals surface area contributed by atoms with Crippen LogP contribution in [0.2, 0.25) is 0 Å². The Kier molecular flexibility index (Phi) is 2.75. The van der Waals surface area contributed by atoms with Crippen LogP contribution >= 0.6 is 0 Å². The summed E-state index contributed by atoms with van der Waals surface area (Å²) in [6.45, 7) is 0. The average molecular weight is 212 g/mol. The van der Waals surface area contributed by atoms with Crippen molar-refractivity contribution in [2.45, 2.75) is 19.3 Å². The molecule has 0 amide bonds. The summed E-state index contributed by atoms with van der Waals surface area (Å²) in [5.74, 6) is -1.90. The summed E-state index contributed by atoms with van der Waals surface area (Å²) in [7, 11) is 0. The molecule has 2 unspecified atom stereocenters. The molecule has 2 N–H and O–H groups in total. The first-order valence-electron chi connectivity index (χ1n) is 4.25. The molecule has 0 saturated heterocycles. The van der Waals surface area contributed by atoms with Gasteiger partial charge in [-0.1, -0.05) is 6.08 Å². The maximum atomic E-state index is 11.0. The zero-order valence-corrected chi connectivity index (χ0v) is 6.99. The molecule has 0 aromatic rings. The number of carboxylic acid groups (broad SMARTS) is 2. The van der Waals surface area contributed by atoms with E-state index in [2.05, 4.69) is 0 Å². The molecule has 2 rings (SSSR count). The molecule has 0 aromatic heterocycles. The summed E-state index contributed by atoms with van der Waals surface area (Å²) >= 11 is 0. The Labute approximate surface area is 91.7 Å². The molecule has 0 aromatic carbocycles. The van der Waals surface area contributed by atoms with Crippen LogP contribution in [0.3, 0.4) is 0 Å².